The lowest BCUT2D eigenvalue weighted by Crippen LogP contribution is -2.49. The summed E-state index contributed by atoms with van der Waals surface area (Å²) in [5.74, 6) is -1.74. The van der Waals surface area contributed by atoms with Gasteiger partial charge in [0.25, 0.3) is 17.4 Å². The summed E-state index contributed by atoms with van der Waals surface area (Å²) in [5.41, 5.74) is 0.146. The molecule has 4 rings (SSSR count). The normalized spacial score (nSPS) is 15.5. The number of anilines is 2. The van der Waals surface area contributed by atoms with E-state index < -0.39 is 41.5 Å². The molecule has 3 aromatic rings. The number of hydrogen-bond donors (Lipinski definition) is 2. The second-order valence-electron chi connectivity index (χ2n) is 13.0. The molecular formula is C32H40N6O7S. The second kappa shape index (κ2) is 13.8. The van der Waals surface area contributed by atoms with E-state index >= 15 is 0 Å². The van der Waals surface area contributed by atoms with E-state index in [2.05, 4.69) is 15.6 Å². The van der Waals surface area contributed by atoms with Crippen LogP contribution >= 0.6 is 11.3 Å². The van der Waals surface area contributed by atoms with Crippen molar-refractivity contribution in [3.05, 3.63) is 57.0 Å². The standard InChI is InChI=1S/C32H40N6O7S/c1-19(39)44-17-25(40)33-21-9-8-13-37(16-21)27-22(10-11-26(41)45-32(5,6)7)29(43)38-14-12-20(15-24(38)35-27)28(42)36-30-34-23(18-46-30)31(2,3)4/h10-12,14-15,18,21H,8-9,13,16-17H2,1-7H3,(H,33,40)(H,34,36,42)/b11-10+/t21-/m0/s1. The highest BCUT2D eigenvalue weighted by molar-refractivity contribution is 7.14. The zero-order valence-corrected chi connectivity index (χ0v) is 27.9. The van der Waals surface area contributed by atoms with Gasteiger partial charge in [0, 0.05) is 54.7 Å². The number of pyridine rings is 1. The average Bonchev–Trinajstić information content (AvgIpc) is 3.44. The molecule has 0 saturated carbocycles. The lowest BCUT2D eigenvalue weighted by molar-refractivity contribution is -0.148. The molecule has 0 unspecified atom stereocenters. The Kier molecular flexibility index (Phi) is 10.3. The fourth-order valence-electron chi connectivity index (χ4n) is 4.72. The molecule has 1 fully saturated rings. The quantitative estimate of drug-likeness (QED) is 0.271. The second-order valence-corrected chi connectivity index (χ2v) is 13.9. The summed E-state index contributed by atoms with van der Waals surface area (Å²) in [6.07, 6.45) is 5.36. The van der Waals surface area contributed by atoms with Crippen LogP contribution in [0.2, 0.25) is 0 Å². The van der Waals surface area contributed by atoms with Crippen molar-refractivity contribution in [1.82, 2.24) is 19.7 Å². The van der Waals surface area contributed by atoms with Gasteiger partial charge < -0.3 is 19.7 Å². The number of hydrogen-bond acceptors (Lipinski definition) is 11. The fraction of sp³-hybridized carbons (Fsp3) is 0.469. The van der Waals surface area contributed by atoms with Gasteiger partial charge in [0.05, 0.1) is 11.3 Å². The van der Waals surface area contributed by atoms with Crippen LogP contribution in [-0.2, 0) is 29.3 Å². The highest BCUT2D eigenvalue weighted by Gasteiger charge is 2.26. The summed E-state index contributed by atoms with van der Waals surface area (Å²) >= 11 is 1.33. The minimum Gasteiger partial charge on any atom is -0.457 e. The van der Waals surface area contributed by atoms with Crippen LogP contribution in [0, 0.1) is 0 Å². The number of nitrogens with one attached hydrogen (secondary N) is 2. The Balaban J connectivity index is 1.68. The third-order valence-electron chi connectivity index (χ3n) is 6.89. The molecule has 2 amide bonds. The van der Waals surface area contributed by atoms with E-state index in [0.29, 0.717) is 31.1 Å². The number of aromatic nitrogens is 3. The predicted octanol–water partition coefficient (Wildman–Crippen LogP) is 3.70. The summed E-state index contributed by atoms with van der Waals surface area (Å²) in [6.45, 7) is 13.0. The smallest absolute Gasteiger partial charge is 0.331 e. The zero-order valence-electron chi connectivity index (χ0n) is 27.1. The Morgan fingerprint density at radius 1 is 1.13 bits per heavy atom. The minimum atomic E-state index is -0.727. The maximum atomic E-state index is 13.8. The molecule has 3 aromatic heterocycles. The molecule has 0 radical (unpaired) electrons. The summed E-state index contributed by atoms with van der Waals surface area (Å²) in [6, 6.07) is 2.72. The Morgan fingerprint density at radius 2 is 1.87 bits per heavy atom. The van der Waals surface area contributed by atoms with Crippen molar-refractivity contribution < 1.29 is 28.7 Å². The monoisotopic (exact) mass is 652 g/mol. The molecule has 0 bridgehead atoms. The van der Waals surface area contributed by atoms with Crippen LogP contribution in [0.1, 0.15) is 82.9 Å². The summed E-state index contributed by atoms with van der Waals surface area (Å²) in [5, 5.41) is 8.04. The van der Waals surface area contributed by atoms with E-state index in [-0.39, 0.29) is 34.0 Å². The van der Waals surface area contributed by atoms with E-state index in [1.807, 2.05) is 31.1 Å². The predicted molar refractivity (Wildman–Crippen MR) is 175 cm³/mol. The molecule has 1 aliphatic rings. The number of esters is 2. The van der Waals surface area contributed by atoms with Crippen molar-refractivity contribution in [2.75, 3.05) is 29.9 Å². The van der Waals surface area contributed by atoms with Gasteiger partial charge in [-0.15, -0.1) is 11.3 Å². The van der Waals surface area contributed by atoms with E-state index in [0.717, 1.165) is 5.69 Å². The molecule has 0 aliphatic carbocycles. The van der Waals surface area contributed by atoms with Gasteiger partial charge in [0.15, 0.2) is 11.7 Å². The Labute approximate surface area is 271 Å². The van der Waals surface area contributed by atoms with E-state index in [1.165, 1.54) is 53.1 Å². The molecule has 0 spiro atoms. The molecule has 4 heterocycles. The number of fused-ring (bicyclic) bond motifs is 1. The summed E-state index contributed by atoms with van der Waals surface area (Å²) in [4.78, 5) is 74.2. The molecule has 13 nitrogen and oxygen atoms in total. The van der Waals surface area contributed by atoms with Crippen LogP contribution in [-0.4, -0.2) is 69.5 Å². The van der Waals surface area contributed by atoms with Gasteiger partial charge in [0.1, 0.15) is 17.1 Å². The van der Waals surface area contributed by atoms with Crippen LogP contribution in [0.3, 0.4) is 0 Å². The van der Waals surface area contributed by atoms with Gasteiger partial charge in [-0.2, -0.15) is 0 Å². The molecule has 46 heavy (non-hydrogen) atoms. The summed E-state index contributed by atoms with van der Waals surface area (Å²) < 4.78 is 11.5. The van der Waals surface area contributed by atoms with Gasteiger partial charge in [0.2, 0.25) is 0 Å². The molecule has 1 aliphatic heterocycles. The number of ether oxygens (including phenoxy) is 2. The molecule has 1 saturated heterocycles. The van der Waals surface area contributed by atoms with Gasteiger partial charge in [-0.1, -0.05) is 20.8 Å². The number of rotatable bonds is 8. The van der Waals surface area contributed by atoms with Crippen molar-refractivity contribution >= 4 is 57.8 Å². The van der Waals surface area contributed by atoms with Crippen molar-refractivity contribution in [3.8, 4) is 0 Å². The Morgan fingerprint density at radius 3 is 2.52 bits per heavy atom. The third kappa shape index (κ3) is 8.99. The lowest BCUT2D eigenvalue weighted by atomic mass is 9.93. The highest BCUT2D eigenvalue weighted by atomic mass is 32.1. The molecule has 0 aromatic carbocycles. The number of amides is 2. The first-order chi connectivity index (χ1) is 21.5. The van der Waals surface area contributed by atoms with Crippen LogP contribution in [0.15, 0.2) is 34.6 Å². The first kappa shape index (κ1) is 34.3. The lowest BCUT2D eigenvalue weighted by Gasteiger charge is -2.34. The summed E-state index contributed by atoms with van der Waals surface area (Å²) in [7, 11) is 0. The number of nitrogens with zero attached hydrogens (tertiary/aromatic N) is 4. The van der Waals surface area contributed by atoms with Gasteiger partial charge >= 0.3 is 11.9 Å². The molecular weight excluding hydrogens is 612 g/mol. The van der Waals surface area contributed by atoms with Crippen molar-refractivity contribution in [2.45, 2.75) is 78.4 Å². The van der Waals surface area contributed by atoms with Crippen molar-refractivity contribution in [3.63, 3.8) is 0 Å². The van der Waals surface area contributed by atoms with Gasteiger partial charge in [-0.25, -0.2) is 14.8 Å². The highest BCUT2D eigenvalue weighted by Crippen LogP contribution is 2.27. The van der Waals surface area contributed by atoms with Crippen LogP contribution < -0.4 is 21.1 Å². The first-order valence-electron chi connectivity index (χ1n) is 14.9. The number of thiazole rings is 1. The topological polar surface area (TPSA) is 161 Å². The molecule has 14 heteroatoms. The van der Waals surface area contributed by atoms with Gasteiger partial charge in [-0.05, 0) is 51.8 Å². The SMILES string of the molecule is CC(=O)OCC(=O)N[C@H]1CCCN(c2nc3cc(C(=O)Nc4nc(C(C)(C)C)cs4)ccn3c(=O)c2/C=C/C(=O)OC(C)(C)C)C1. The van der Waals surface area contributed by atoms with E-state index in [9.17, 15) is 24.0 Å². The number of carbonyl (C=O) groups is 4. The Bertz CT molecular complexity index is 1730. The van der Waals surface area contributed by atoms with Crippen molar-refractivity contribution in [1.29, 1.82) is 0 Å². The van der Waals surface area contributed by atoms with Gasteiger partial charge in [-0.3, -0.25) is 28.9 Å². The van der Waals surface area contributed by atoms with Crippen LogP contribution in [0.25, 0.3) is 11.7 Å². The largest absolute Gasteiger partial charge is 0.457 e. The zero-order chi connectivity index (χ0) is 33.8. The molecule has 2 N–H and O–H groups in total. The first-order valence-corrected chi connectivity index (χ1v) is 15.8. The maximum Gasteiger partial charge on any atom is 0.331 e. The number of carbonyl (C=O) groups excluding carboxylic acids is 4. The average molecular weight is 653 g/mol. The third-order valence-corrected chi connectivity index (χ3v) is 7.64. The van der Waals surface area contributed by atoms with Crippen molar-refractivity contribution in [2.24, 2.45) is 0 Å². The maximum absolute atomic E-state index is 13.8. The number of piperidine rings is 1. The van der Waals surface area contributed by atoms with E-state index in [1.54, 1.807) is 20.8 Å². The van der Waals surface area contributed by atoms with Crippen LogP contribution in [0.4, 0.5) is 10.9 Å². The fourth-order valence-corrected chi connectivity index (χ4v) is 5.66. The van der Waals surface area contributed by atoms with E-state index in [4.69, 9.17) is 14.5 Å². The molecule has 246 valence electrons. The van der Waals surface area contributed by atoms with Crippen LogP contribution in [0.5, 0.6) is 0 Å². The Hall–Kier alpha value is -4.59. The molecule has 1 atom stereocenters. The minimum absolute atomic E-state index is 0.143.